The van der Waals surface area contributed by atoms with Gasteiger partial charge in [0.15, 0.2) is 0 Å². The highest BCUT2D eigenvalue weighted by Gasteiger charge is 2.20. The van der Waals surface area contributed by atoms with Crippen LogP contribution < -0.4 is 5.32 Å². The quantitative estimate of drug-likeness (QED) is 0.467. The maximum absolute atomic E-state index is 8.07. The summed E-state index contributed by atoms with van der Waals surface area (Å²) in [5.41, 5.74) is 0. The van der Waals surface area contributed by atoms with Crippen LogP contribution in [0.3, 0.4) is 0 Å². The highest BCUT2D eigenvalue weighted by molar-refractivity contribution is 6.00. The van der Waals surface area contributed by atoms with E-state index in [1.165, 1.54) is 19.3 Å². The molecule has 5 heteroatoms. The first kappa shape index (κ1) is 11.5. The third-order valence-corrected chi connectivity index (χ3v) is 3.28. The average molecular weight is 223 g/mol. The number of amidine groups is 2. The third kappa shape index (κ3) is 2.80. The molecule has 0 atom stereocenters. The molecular weight excluding hydrogens is 202 g/mol. The van der Waals surface area contributed by atoms with E-state index in [1.807, 2.05) is 4.90 Å². The Bertz CT molecular complexity index is 270. The number of hydrogen-bond acceptors (Lipinski definition) is 4. The maximum Gasteiger partial charge on any atom is 0.116 e. The fourth-order valence-corrected chi connectivity index (χ4v) is 2.34. The van der Waals surface area contributed by atoms with E-state index in [4.69, 9.17) is 10.8 Å². The van der Waals surface area contributed by atoms with E-state index in [-0.39, 0.29) is 0 Å². The minimum atomic E-state index is 0.535. The van der Waals surface area contributed by atoms with Gasteiger partial charge in [-0.3, -0.25) is 15.7 Å². The summed E-state index contributed by atoms with van der Waals surface area (Å²) in [4.78, 5) is 4.17. The van der Waals surface area contributed by atoms with E-state index in [0.29, 0.717) is 24.8 Å². The van der Waals surface area contributed by atoms with Gasteiger partial charge in [0.1, 0.15) is 11.7 Å². The van der Waals surface area contributed by atoms with Gasteiger partial charge in [-0.1, -0.05) is 6.42 Å². The Morgan fingerprint density at radius 2 is 1.94 bits per heavy atom. The van der Waals surface area contributed by atoms with E-state index >= 15 is 0 Å². The summed E-state index contributed by atoms with van der Waals surface area (Å²) in [7, 11) is 0. The van der Waals surface area contributed by atoms with Crippen molar-refractivity contribution in [2.45, 2.75) is 19.3 Å². The number of likely N-dealkylation sites (tertiary alicyclic amines) is 1. The Morgan fingerprint density at radius 3 is 2.62 bits per heavy atom. The minimum Gasteiger partial charge on any atom is -0.316 e. The number of piperidine rings is 1. The van der Waals surface area contributed by atoms with Gasteiger partial charge in [-0.05, 0) is 25.9 Å². The summed E-state index contributed by atoms with van der Waals surface area (Å²) in [5, 5.41) is 19.0. The Morgan fingerprint density at radius 1 is 1.19 bits per heavy atom. The fourth-order valence-electron chi connectivity index (χ4n) is 2.34. The summed E-state index contributed by atoms with van der Waals surface area (Å²) < 4.78 is 0. The van der Waals surface area contributed by atoms with Crippen LogP contribution in [0.2, 0.25) is 0 Å². The highest BCUT2D eigenvalue weighted by atomic mass is 15.3. The molecule has 0 aromatic rings. The van der Waals surface area contributed by atoms with Crippen LogP contribution in [-0.4, -0.2) is 60.7 Å². The molecule has 0 aromatic heterocycles. The topological polar surface area (TPSA) is 66.2 Å². The zero-order chi connectivity index (χ0) is 11.4. The summed E-state index contributed by atoms with van der Waals surface area (Å²) in [6, 6.07) is 0. The second kappa shape index (κ2) is 5.41. The molecule has 90 valence electrons. The van der Waals surface area contributed by atoms with Crippen LogP contribution in [-0.2, 0) is 0 Å². The van der Waals surface area contributed by atoms with Crippen molar-refractivity contribution in [3.05, 3.63) is 0 Å². The Balaban J connectivity index is 1.83. The third-order valence-electron chi connectivity index (χ3n) is 3.28. The van der Waals surface area contributed by atoms with Crippen LogP contribution in [0.1, 0.15) is 19.3 Å². The number of nitrogens with one attached hydrogen (secondary N) is 3. The maximum atomic E-state index is 8.07. The standard InChI is InChI=1S/C11H21N5/c12-10-8-14-4-7-16(10)11(13)9-15-5-2-1-3-6-15/h12-14H,1-9H2. The molecule has 2 fully saturated rings. The molecule has 2 rings (SSSR count). The van der Waals surface area contributed by atoms with Crippen LogP contribution in [0.15, 0.2) is 0 Å². The van der Waals surface area contributed by atoms with Crippen molar-refractivity contribution < 1.29 is 0 Å². The van der Waals surface area contributed by atoms with Gasteiger partial charge in [-0.15, -0.1) is 0 Å². The van der Waals surface area contributed by atoms with E-state index in [0.717, 1.165) is 26.2 Å². The van der Waals surface area contributed by atoms with Gasteiger partial charge >= 0.3 is 0 Å². The lowest BCUT2D eigenvalue weighted by Gasteiger charge is -2.33. The summed E-state index contributed by atoms with van der Waals surface area (Å²) in [6.07, 6.45) is 3.84. The summed E-state index contributed by atoms with van der Waals surface area (Å²) in [5.74, 6) is 1.13. The molecule has 16 heavy (non-hydrogen) atoms. The molecule has 0 bridgehead atoms. The Labute approximate surface area is 96.8 Å². The van der Waals surface area contributed by atoms with E-state index in [1.54, 1.807) is 0 Å². The van der Waals surface area contributed by atoms with Crippen LogP contribution in [0.4, 0.5) is 0 Å². The molecule has 3 N–H and O–H groups in total. The molecule has 2 saturated heterocycles. The van der Waals surface area contributed by atoms with Gasteiger partial charge in [0.2, 0.25) is 0 Å². The fraction of sp³-hybridized carbons (Fsp3) is 0.818. The minimum absolute atomic E-state index is 0.535. The van der Waals surface area contributed by atoms with Gasteiger partial charge in [0, 0.05) is 13.1 Å². The zero-order valence-electron chi connectivity index (χ0n) is 9.76. The van der Waals surface area contributed by atoms with Crippen molar-refractivity contribution in [3.63, 3.8) is 0 Å². The Kier molecular flexibility index (Phi) is 3.90. The predicted octanol–water partition coefficient (Wildman–Crippen LogP) is 0.332. The van der Waals surface area contributed by atoms with Crippen LogP contribution in [0.5, 0.6) is 0 Å². The SMILES string of the molecule is N=C1CNCCN1C(=N)CN1CCCCC1. The number of hydrogen-bond donors (Lipinski definition) is 3. The molecule has 2 aliphatic rings. The molecule has 0 unspecified atom stereocenters. The van der Waals surface area contributed by atoms with Crippen molar-refractivity contribution in [3.8, 4) is 0 Å². The summed E-state index contributed by atoms with van der Waals surface area (Å²) >= 11 is 0. The van der Waals surface area contributed by atoms with E-state index < -0.39 is 0 Å². The van der Waals surface area contributed by atoms with Gasteiger partial charge in [-0.25, -0.2) is 0 Å². The van der Waals surface area contributed by atoms with Gasteiger partial charge < -0.3 is 10.2 Å². The van der Waals surface area contributed by atoms with Crippen molar-refractivity contribution >= 4 is 11.7 Å². The lowest BCUT2D eigenvalue weighted by molar-refractivity contribution is 0.252. The van der Waals surface area contributed by atoms with E-state index in [9.17, 15) is 0 Å². The lowest BCUT2D eigenvalue weighted by atomic mass is 10.1. The predicted molar refractivity (Wildman–Crippen MR) is 65.3 cm³/mol. The summed E-state index contributed by atoms with van der Waals surface area (Å²) in [6.45, 7) is 5.19. The number of nitrogens with zero attached hydrogens (tertiary/aromatic N) is 2. The Hall–Kier alpha value is -0.940. The van der Waals surface area contributed by atoms with Gasteiger partial charge in [0.25, 0.3) is 0 Å². The molecule has 2 aliphatic heterocycles. The lowest BCUT2D eigenvalue weighted by Crippen LogP contribution is -2.53. The molecule has 0 aromatic carbocycles. The average Bonchev–Trinajstić information content (AvgIpc) is 2.31. The first-order chi connectivity index (χ1) is 7.77. The zero-order valence-corrected chi connectivity index (χ0v) is 9.76. The second-order valence-corrected chi connectivity index (χ2v) is 4.56. The monoisotopic (exact) mass is 223 g/mol. The van der Waals surface area contributed by atoms with Gasteiger partial charge in [-0.2, -0.15) is 0 Å². The first-order valence-electron chi connectivity index (χ1n) is 6.13. The molecule has 0 radical (unpaired) electrons. The van der Waals surface area contributed by atoms with Crippen LogP contribution in [0, 0.1) is 10.8 Å². The molecule has 2 heterocycles. The van der Waals surface area contributed by atoms with Crippen LogP contribution >= 0.6 is 0 Å². The van der Waals surface area contributed by atoms with Crippen LogP contribution in [0.25, 0.3) is 0 Å². The molecular formula is C11H21N5. The van der Waals surface area contributed by atoms with E-state index in [2.05, 4.69) is 10.2 Å². The normalized spacial score (nSPS) is 23.5. The molecule has 0 saturated carbocycles. The van der Waals surface area contributed by atoms with Crippen molar-refractivity contribution in [1.29, 1.82) is 10.8 Å². The highest BCUT2D eigenvalue weighted by Crippen LogP contribution is 2.09. The van der Waals surface area contributed by atoms with Crippen molar-refractivity contribution in [2.75, 3.05) is 39.3 Å². The molecule has 0 aliphatic carbocycles. The first-order valence-corrected chi connectivity index (χ1v) is 6.13. The molecule has 0 spiro atoms. The number of rotatable bonds is 2. The molecule has 5 nitrogen and oxygen atoms in total. The molecule has 0 amide bonds. The van der Waals surface area contributed by atoms with Crippen molar-refractivity contribution in [2.24, 2.45) is 0 Å². The largest absolute Gasteiger partial charge is 0.316 e. The van der Waals surface area contributed by atoms with Gasteiger partial charge in [0.05, 0.1) is 13.1 Å². The smallest absolute Gasteiger partial charge is 0.116 e. The van der Waals surface area contributed by atoms with Crippen molar-refractivity contribution in [1.82, 2.24) is 15.1 Å². The second-order valence-electron chi connectivity index (χ2n) is 4.56. The number of piperazine rings is 1.